The monoisotopic (exact) mass is 461 g/mol. The second-order valence-electron chi connectivity index (χ2n) is 7.92. The number of aliphatic hydroxyl groups excluding tert-OH is 1. The first-order valence-corrected chi connectivity index (χ1v) is 10.8. The van der Waals surface area contributed by atoms with Crippen LogP contribution in [0.15, 0.2) is 72.3 Å². The number of rotatable bonds is 3. The minimum atomic E-state index is -0.823. The van der Waals surface area contributed by atoms with E-state index in [-0.39, 0.29) is 11.3 Å². The maximum Gasteiger partial charge on any atom is 0.300 e. The topological polar surface area (TPSA) is 76.1 Å². The highest BCUT2D eigenvalue weighted by molar-refractivity contribution is 6.51. The Labute approximate surface area is 195 Å². The SMILES string of the molecule is Cc1cccc(C2/C(=C(/O)c3ccc4c(c3)OCCO4)C(=O)C(=O)N2c2cccc(Cl)c2)c1. The van der Waals surface area contributed by atoms with Crippen molar-refractivity contribution in [2.24, 2.45) is 0 Å². The summed E-state index contributed by atoms with van der Waals surface area (Å²) in [4.78, 5) is 27.8. The van der Waals surface area contributed by atoms with Crippen LogP contribution in [0, 0.1) is 6.92 Å². The summed E-state index contributed by atoms with van der Waals surface area (Å²) in [6.07, 6.45) is 0. The van der Waals surface area contributed by atoms with Crippen LogP contribution in [0.25, 0.3) is 5.76 Å². The number of halogens is 1. The van der Waals surface area contributed by atoms with Gasteiger partial charge in [0.15, 0.2) is 11.5 Å². The lowest BCUT2D eigenvalue weighted by Crippen LogP contribution is -2.29. The lowest BCUT2D eigenvalue weighted by Gasteiger charge is -2.26. The molecular weight excluding hydrogens is 442 g/mol. The Balaban J connectivity index is 1.71. The van der Waals surface area contributed by atoms with E-state index in [1.165, 1.54) is 4.90 Å². The quantitative estimate of drug-likeness (QED) is 0.336. The van der Waals surface area contributed by atoms with Crippen LogP contribution in [0.1, 0.15) is 22.7 Å². The van der Waals surface area contributed by atoms with Gasteiger partial charge in [-0.2, -0.15) is 0 Å². The van der Waals surface area contributed by atoms with E-state index in [4.69, 9.17) is 21.1 Å². The number of hydrogen-bond acceptors (Lipinski definition) is 5. The molecule has 0 radical (unpaired) electrons. The van der Waals surface area contributed by atoms with Gasteiger partial charge >= 0.3 is 0 Å². The van der Waals surface area contributed by atoms with Crippen LogP contribution in [-0.2, 0) is 9.59 Å². The molecule has 2 aliphatic rings. The predicted octanol–water partition coefficient (Wildman–Crippen LogP) is 5.05. The predicted molar refractivity (Wildman–Crippen MR) is 125 cm³/mol. The molecule has 1 N–H and O–H groups in total. The van der Waals surface area contributed by atoms with Crippen LogP contribution in [0.4, 0.5) is 5.69 Å². The normalized spacial score (nSPS) is 19.1. The second kappa shape index (κ2) is 8.30. The van der Waals surface area contributed by atoms with Gasteiger partial charge in [-0.05, 0) is 48.9 Å². The van der Waals surface area contributed by atoms with Gasteiger partial charge in [-0.25, -0.2) is 0 Å². The summed E-state index contributed by atoms with van der Waals surface area (Å²) in [5, 5.41) is 11.7. The standard InChI is InChI=1S/C26H20ClNO5/c1-15-4-2-5-16(12-15)23-22(24(29)17-8-9-20-21(13-17)33-11-10-32-20)25(30)26(31)28(23)19-7-3-6-18(27)14-19/h2-9,12-14,23,29H,10-11H2,1H3/b24-22-. The molecule has 5 rings (SSSR count). The molecule has 6 nitrogen and oxygen atoms in total. The summed E-state index contributed by atoms with van der Waals surface area (Å²) >= 11 is 6.18. The van der Waals surface area contributed by atoms with Crippen molar-refractivity contribution in [2.45, 2.75) is 13.0 Å². The Kier molecular flexibility index (Phi) is 5.30. The van der Waals surface area contributed by atoms with Gasteiger partial charge in [0.1, 0.15) is 19.0 Å². The molecule has 166 valence electrons. The Hall–Kier alpha value is -3.77. The fourth-order valence-corrected chi connectivity index (χ4v) is 4.41. The number of nitrogens with zero attached hydrogens (tertiary/aromatic N) is 1. The summed E-state index contributed by atoms with van der Waals surface area (Å²) in [5.74, 6) is -0.744. The van der Waals surface area contributed by atoms with E-state index in [2.05, 4.69) is 0 Å². The van der Waals surface area contributed by atoms with E-state index in [9.17, 15) is 14.7 Å². The number of ketones is 1. The van der Waals surface area contributed by atoms with E-state index in [1.807, 2.05) is 31.2 Å². The number of aryl methyl sites for hydroxylation is 1. The molecule has 0 aromatic heterocycles. The first kappa shape index (κ1) is 21.1. The number of aliphatic hydroxyl groups is 1. The lowest BCUT2D eigenvalue weighted by atomic mass is 9.94. The second-order valence-corrected chi connectivity index (χ2v) is 8.36. The maximum atomic E-state index is 13.2. The van der Waals surface area contributed by atoms with Crippen LogP contribution in [-0.4, -0.2) is 30.0 Å². The van der Waals surface area contributed by atoms with Gasteiger partial charge in [-0.3, -0.25) is 14.5 Å². The minimum Gasteiger partial charge on any atom is -0.507 e. The average molecular weight is 462 g/mol. The van der Waals surface area contributed by atoms with E-state index in [1.54, 1.807) is 42.5 Å². The number of Topliss-reactive ketones (excluding diaryl/α,β-unsaturated/α-hetero) is 1. The third kappa shape index (κ3) is 3.72. The molecule has 0 saturated carbocycles. The first-order valence-electron chi connectivity index (χ1n) is 10.5. The third-order valence-electron chi connectivity index (χ3n) is 5.70. The van der Waals surface area contributed by atoms with Gasteiger partial charge in [0, 0.05) is 16.3 Å². The lowest BCUT2D eigenvalue weighted by molar-refractivity contribution is -0.132. The van der Waals surface area contributed by atoms with E-state index in [0.717, 1.165) is 5.56 Å². The number of amides is 1. The minimum absolute atomic E-state index is 0.00209. The van der Waals surface area contributed by atoms with Gasteiger partial charge in [0.2, 0.25) is 0 Å². The van der Waals surface area contributed by atoms with Crippen LogP contribution < -0.4 is 14.4 Å². The van der Waals surface area contributed by atoms with E-state index < -0.39 is 17.7 Å². The van der Waals surface area contributed by atoms with Crippen LogP contribution in [0.5, 0.6) is 11.5 Å². The zero-order valence-corrected chi connectivity index (χ0v) is 18.5. The molecule has 1 unspecified atom stereocenters. The van der Waals surface area contributed by atoms with Crippen molar-refractivity contribution in [3.05, 3.63) is 94.0 Å². The summed E-state index contributed by atoms with van der Waals surface area (Å²) in [6, 6.07) is 18.4. The maximum absolute atomic E-state index is 13.2. The summed E-state index contributed by atoms with van der Waals surface area (Å²) in [7, 11) is 0. The highest BCUT2D eigenvalue weighted by Crippen LogP contribution is 2.43. The van der Waals surface area contributed by atoms with Crippen molar-refractivity contribution in [3.63, 3.8) is 0 Å². The molecule has 0 aliphatic carbocycles. The fraction of sp³-hybridized carbons (Fsp3) is 0.154. The molecule has 1 atom stereocenters. The van der Waals surface area contributed by atoms with Crippen LogP contribution in [0.3, 0.4) is 0 Å². The number of anilines is 1. The van der Waals surface area contributed by atoms with Gasteiger partial charge in [0.05, 0.1) is 11.6 Å². The highest BCUT2D eigenvalue weighted by atomic mass is 35.5. The molecular formula is C26H20ClNO5. The smallest absolute Gasteiger partial charge is 0.300 e. The number of benzene rings is 3. The van der Waals surface area contributed by atoms with Crippen LogP contribution in [0.2, 0.25) is 5.02 Å². The number of fused-ring (bicyclic) bond motifs is 1. The number of ether oxygens (including phenoxy) is 2. The molecule has 33 heavy (non-hydrogen) atoms. The summed E-state index contributed by atoms with van der Waals surface area (Å²) in [5.41, 5.74) is 2.50. The number of hydrogen-bond donors (Lipinski definition) is 1. The van der Waals surface area contributed by atoms with Gasteiger partial charge in [-0.15, -0.1) is 0 Å². The molecule has 3 aromatic rings. The molecule has 7 heteroatoms. The van der Waals surface area contributed by atoms with Gasteiger partial charge in [-0.1, -0.05) is 47.5 Å². The van der Waals surface area contributed by atoms with Crippen molar-refractivity contribution in [3.8, 4) is 11.5 Å². The van der Waals surface area contributed by atoms with Crippen molar-refractivity contribution < 1.29 is 24.2 Å². The number of carbonyl (C=O) groups is 2. The van der Waals surface area contributed by atoms with Crippen molar-refractivity contribution in [2.75, 3.05) is 18.1 Å². The Morgan fingerprint density at radius 1 is 0.970 bits per heavy atom. The van der Waals surface area contributed by atoms with Crippen molar-refractivity contribution in [1.29, 1.82) is 0 Å². The molecule has 1 amide bonds. The molecule has 2 aliphatic heterocycles. The van der Waals surface area contributed by atoms with Crippen molar-refractivity contribution in [1.82, 2.24) is 0 Å². The van der Waals surface area contributed by atoms with Gasteiger partial charge < -0.3 is 14.6 Å². The molecule has 0 spiro atoms. The third-order valence-corrected chi connectivity index (χ3v) is 5.94. The van der Waals surface area contributed by atoms with E-state index >= 15 is 0 Å². The zero-order valence-electron chi connectivity index (χ0n) is 17.7. The Morgan fingerprint density at radius 2 is 1.73 bits per heavy atom. The fourth-order valence-electron chi connectivity index (χ4n) is 4.23. The van der Waals surface area contributed by atoms with Crippen LogP contribution >= 0.6 is 11.6 Å². The molecule has 1 fully saturated rings. The molecule has 1 saturated heterocycles. The van der Waals surface area contributed by atoms with Gasteiger partial charge in [0.25, 0.3) is 11.7 Å². The zero-order chi connectivity index (χ0) is 23.1. The average Bonchev–Trinajstić information content (AvgIpc) is 3.09. The summed E-state index contributed by atoms with van der Waals surface area (Å²) < 4.78 is 11.2. The molecule has 2 heterocycles. The molecule has 0 bridgehead atoms. The highest BCUT2D eigenvalue weighted by Gasteiger charge is 2.47. The first-order chi connectivity index (χ1) is 15.9. The Bertz CT molecular complexity index is 1320. The molecule has 3 aromatic carbocycles. The van der Waals surface area contributed by atoms with E-state index in [0.29, 0.717) is 46.5 Å². The number of carbonyl (C=O) groups excluding carboxylic acids is 2. The van der Waals surface area contributed by atoms with Crippen molar-refractivity contribution >= 4 is 34.7 Å². The Morgan fingerprint density at radius 3 is 2.48 bits per heavy atom. The summed E-state index contributed by atoms with van der Waals surface area (Å²) in [6.45, 7) is 2.76. The largest absolute Gasteiger partial charge is 0.507 e.